The number of methoxy groups -OCH3 is 1. The summed E-state index contributed by atoms with van der Waals surface area (Å²) in [6.45, 7) is 4.17. The fourth-order valence-corrected chi connectivity index (χ4v) is 2.57. The molecule has 0 fully saturated rings. The second-order valence-electron chi connectivity index (χ2n) is 5.15. The highest BCUT2D eigenvalue weighted by atomic mass is 19.1. The fourth-order valence-electron chi connectivity index (χ4n) is 2.57. The van der Waals surface area contributed by atoms with E-state index in [0.29, 0.717) is 5.75 Å². The van der Waals surface area contributed by atoms with E-state index in [1.165, 1.54) is 17.7 Å². The Morgan fingerprint density at radius 2 is 1.86 bits per heavy atom. The van der Waals surface area contributed by atoms with E-state index < -0.39 is 0 Å². The van der Waals surface area contributed by atoms with Crippen molar-refractivity contribution in [3.8, 4) is 5.75 Å². The number of halogens is 1. The number of hydrogen-bond donors (Lipinski definition) is 1. The Hall–Kier alpha value is -1.87. The lowest BCUT2D eigenvalue weighted by Gasteiger charge is -2.24. The molecule has 0 saturated carbocycles. The first-order chi connectivity index (χ1) is 10.2. The molecule has 0 aliphatic carbocycles. The second-order valence-corrected chi connectivity index (χ2v) is 5.15. The van der Waals surface area contributed by atoms with Crippen LogP contribution in [0.25, 0.3) is 0 Å². The minimum Gasteiger partial charge on any atom is -0.496 e. The third-order valence-corrected chi connectivity index (χ3v) is 3.72. The average molecular weight is 287 g/mol. The lowest BCUT2D eigenvalue weighted by Crippen LogP contribution is -2.24. The van der Waals surface area contributed by atoms with Gasteiger partial charge in [-0.15, -0.1) is 0 Å². The van der Waals surface area contributed by atoms with Crippen LogP contribution < -0.4 is 10.1 Å². The highest BCUT2D eigenvalue weighted by Gasteiger charge is 2.17. The fraction of sp³-hybridized carbons (Fsp3) is 0.333. The van der Waals surface area contributed by atoms with Gasteiger partial charge in [0.1, 0.15) is 11.6 Å². The Labute approximate surface area is 126 Å². The Morgan fingerprint density at radius 3 is 2.48 bits per heavy atom. The number of ether oxygens (including phenoxy) is 1. The molecule has 2 aromatic carbocycles. The van der Waals surface area contributed by atoms with Crippen molar-refractivity contribution < 1.29 is 9.13 Å². The number of rotatable bonds is 6. The van der Waals surface area contributed by atoms with Crippen LogP contribution in [0.4, 0.5) is 4.39 Å². The third-order valence-electron chi connectivity index (χ3n) is 3.72. The maximum absolute atomic E-state index is 13.5. The zero-order chi connectivity index (χ0) is 15.2. The first-order valence-electron chi connectivity index (χ1n) is 7.30. The van der Waals surface area contributed by atoms with E-state index in [1.54, 1.807) is 13.2 Å². The summed E-state index contributed by atoms with van der Waals surface area (Å²) < 4.78 is 18.8. The molecule has 1 N–H and O–H groups in total. The van der Waals surface area contributed by atoms with Gasteiger partial charge in [-0.3, -0.25) is 0 Å². The minimum atomic E-state index is -0.243. The van der Waals surface area contributed by atoms with Crippen LogP contribution in [0.3, 0.4) is 0 Å². The van der Waals surface area contributed by atoms with Crippen LogP contribution in [0.15, 0.2) is 48.5 Å². The highest BCUT2D eigenvalue weighted by molar-refractivity contribution is 5.36. The van der Waals surface area contributed by atoms with Crippen molar-refractivity contribution in [2.75, 3.05) is 7.11 Å². The van der Waals surface area contributed by atoms with E-state index in [2.05, 4.69) is 24.4 Å². The number of nitrogens with one attached hydrogen (secondary N) is 1. The van der Waals surface area contributed by atoms with Gasteiger partial charge in [0.15, 0.2) is 0 Å². The van der Waals surface area contributed by atoms with Crippen molar-refractivity contribution >= 4 is 0 Å². The SMILES string of the molecule is CCC(NC(C)c1cc(F)ccc1OC)c1ccccc1. The second kappa shape index (κ2) is 7.23. The molecule has 21 heavy (non-hydrogen) atoms. The van der Waals surface area contributed by atoms with E-state index in [1.807, 2.05) is 25.1 Å². The van der Waals surface area contributed by atoms with Gasteiger partial charge in [0, 0.05) is 17.6 Å². The quantitative estimate of drug-likeness (QED) is 0.836. The molecule has 3 heteroatoms. The van der Waals surface area contributed by atoms with Crippen LogP contribution >= 0.6 is 0 Å². The number of benzene rings is 2. The number of hydrogen-bond acceptors (Lipinski definition) is 2. The Morgan fingerprint density at radius 1 is 1.14 bits per heavy atom. The summed E-state index contributed by atoms with van der Waals surface area (Å²) in [6.07, 6.45) is 0.964. The summed E-state index contributed by atoms with van der Waals surface area (Å²) in [6, 6.07) is 15.2. The molecule has 2 unspecified atom stereocenters. The van der Waals surface area contributed by atoms with Crippen LogP contribution in [-0.2, 0) is 0 Å². The normalized spacial score (nSPS) is 13.7. The molecule has 0 bridgehead atoms. The van der Waals surface area contributed by atoms with Crippen molar-refractivity contribution in [1.29, 1.82) is 0 Å². The molecule has 0 aliphatic heterocycles. The minimum absolute atomic E-state index is 0.000746. The summed E-state index contributed by atoms with van der Waals surface area (Å²) in [5, 5.41) is 3.55. The average Bonchev–Trinajstić information content (AvgIpc) is 2.53. The van der Waals surface area contributed by atoms with Gasteiger partial charge in [-0.25, -0.2) is 4.39 Å². The predicted octanol–water partition coefficient (Wildman–Crippen LogP) is 4.64. The lowest BCUT2D eigenvalue weighted by molar-refractivity contribution is 0.390. The Bertz CT molecular complexity index is 571. The van der Waals surface area contributed by atoms with Gasteiger partial charge in [0.05, 0.1) is 7.11 Å². The maximum atomic E-state index is 13.5. The molecule has 112 valence electrons. The molecule has 0 spiro atoms. The van der Waals surface area contributed by atoms with E-state index in [0.717, 1.165) is 12.0 Å². The zero-order valence-corrected chi connectivity index (χ0v) is 12.8. The third kappa shape index (κ3) is 3.82. The van der Waals surface area contributed by atoms with Gasteiger partial charge in [0.2, 0.25) is 0 Å². The van der Waals surface area contributed by atoms with E-state index in [9.17, 15) is 4.39 Å². The molecule has 0 heterocycles. The molecule has 2 nitrogen and oxygen atoms in total. The van der Waals surface area contributed by atoms with Gasteiger partial charge in [-0.2, -0.15) is 0 Å². The van der Waals surface area contributed by atoms with Crippen LogP contribution in [0.1, 0.15) is 43.5 Å². The van der Waals surface area contributed by atoms with Crippen LogP contribution in [0.5, 0.6) is 5.75 Å². The molecule has 2 aromatic rings. The summed E-state index contributed by atoms with van der Waals surface area (Å²) in [7, 11) is 1.61. The van der Waals surface area contributed by atoms with Crippen LogP contribution in [0, 0.1) is 5.82 Å². The van der Waals surface area contributed by atoms with Gasteiger partial charge in [0.25, 0.3) is 0 Å². The largest absolute Gasteiger partial charge is 0.496 e. The molecular weight excluding hydrogens is 265 g/mol. The van der Waals surface area contributed by atoms with Gasteiger partial charge < -0.3 is 10.1 Å². The van der Waals surface area contributed by atoms with E-state index in [4.69, 9.17) is 4.74 Å². The monoisotopic (exact) mass is 287 g/mol. The predicted molar refractivity (Wildman–Crippen MR) is 84.0 cm³/mol. The zero-order valence-electron chi connectivity index (χ0n) is 12.8. The highest BCUT2D eigenvalue weighted by Crippen LogP contribution is 2.28. The summed E-state index contributed by atoms with van der Waals surface area (Å²) in [4.78, 5) is 0. The Balaban J connectivity index is 2.20. The molecule has 0 saturated heterocycles. The van der Waals surface area contributed by atoms with E-state index in [-0.39, 0.29) is 17.9 Å². The van der Waals surface area contributed by atoms with Crippen molar-refractivity contribution in [2.24, 2.45) is 0 Å². The van der Waals surface area contributed by atoms with Crippen LogP contribution in [-0.4, -0.2) is 7.11 Å². The molecule has 2 atom stereocenters. The standard InChI is InChI=1S/C18H22FNO/c1-4-17(14-8-6-5-7-9-14)20-13(2)16-12-15(19)10-11-18(16)21-3/h5-13,17,20H,4H2,1-3H3. The van der Waals surface area contributed by atoms with Gasteiger partial charge in [-0.05, 0) is 37.1 Å². The molecule has 0 amide bonds. The molecule has 0 aromatic heterocycles. The van der Waals surface area contributed by atoms with Gasteiger partial charge >= 0.3 is 0 Å². The summed E-state index contributed by atoms with van der Waals surface area (Å²) in [5.74, 6) is 0.464. The van der Waals surface area contributed by atoms with Crippen molar-refractivity contribution in [1.82, 2.24) is 5.32 Å². The molecule has 0 aliphatic rings. The van der Waals surface area contributed by atoms with Crippen molar-refractivity contribution in [2.45, 2.75) is 32.4 Å². The smallest absolute Gasteiger partial charge is 0.123 e. The van der Waals surface area contributed by atoms with E-state index >= 15 is 0 Å². The van der Waals surface area contributed by atoms with Crippen LogP contribution in [0.2, 0.25) is 0 Å². The topological polar surface area (TPSA) is 21.3 Å². The Kier molecular flexibility index (Phi) is 5.34. The lowest BCUT2D eigenvalue weighted by atomic mass is 10.0. The summed E-state index contributed by atoms with van der Waals surface area (Å²) in [5.41, 5.74) is 2.08. The molecular formula is C18H22FNO. The summed E-state index contributed by atoms with van der Waals surface area (Å²) >= 11 is 0. The van der Waals surface area contributed by atoms with Gasteiger partial charge in [-0.1, -0.05) is 37.3 Å². The van der Waals surface area contributed by atoms with Crippen molar-refractivity contribution in [3.63, 3.8) is 0 Å². The maximum Gasteiger partial charge on any atom is 0.123 e. The first-order valence-corrected chi connectivity index (χ1v) is 7.30. The van der Waals surface area contributed by atoms with Crippen molar-refractivity contribution in [3.05, 3.63) is 65.5 Å². The first kappa shape index (κ1) is 15.5. The molecule has 2 rings (SSSR count). The molecule has 0 radical (unpaired) electrons.